The summed E-state index contributed by atoms with van der Waals surface area (Å²) in [4.78, 5) is 24.2. The van der Waals surface area contributed by atoms with E-state index < -0.39 is 24.3 Å². The molecule has 0 saturated heterocycles. The summed E-state index contributed by atoms with van der Waals surface area (Å²) >= 11 is 5.84. The van der Waals surface area contributed by atoms with E-state index in [2.05, 4.69) is 5.32 Å². The van der Waals surface area contributed by atoms with Gasteiger partial charge in [0.05, 0.1) is 29.5 Å². The Morgan fingerprint density at radius 3 is 2.54 bits per heavy atom. The lowest BCUT2D eigenvalue weighted by molar-refractivity contribution is -0.119. The van der Waals surface area contributed by atoms with Crippen LogP contribution in [0, 0.1) is 5.82 Å². The first-order valence-corrected chi connectivity index (χ1v) is 9.14. The Bertz CT molecular complexity index is 843. The first-order chi connectivity index (χ1) is 13.4. The molecular formula is C20H21ClFNO5. The molecule has 2 rings (SSSR count). The van der Waals surface area contributed by atoms with Gasteiger partial charge in [0.25, 0.3) is 5.91 Å². The highest BCUT2D eigenvalue weighted by atomic mass is 35.5. The standard InChI is InChI=1S/C20H21ClFNO5/c1-3-9-27-17-8-5-13(10-18(17)26-4-2)20(25)28-12-19(24)23-16-7-6-14(22)11-15(16)21/h5-8,10-11H,3-4,9,12H2,1-2H3,(H,23,24). The van der Waals surface area contributed by atoms with Crippen molar-refractivity contribution in [3.63, 3.8) is 0 Å². The summed E-state index contributed by atoms with van der Waals surface area (Å²) in [6.45, 7) is 4.21. The minimum atomic E-state index is -0.691. The van der Waals surface area contributed by atoms with Crippen LogP contribution in [0.5, 0.6) is 11.5 Å². The van der Waals surface area contributed by atoms with E-state index in [-0.39, 0.29) is 16.3 Å². The zero-order valence-electron chi connectivity index (χ0n) is 15.6. The number of esters is 1. The molecule has 150 valence electrons. The first kappa shape index (κ1) is 21.5. The molecule has 0 bridgehead atoms. The molecule has 8 heteroatoms. The van der Waals surface area contributed by atoms with Crippen LogP contribution in [-0.2, 0) is 9.53 Å². The molecule has 0 aliphatic heterocycles. The molecular weight excluding hydrogens is 389 g/mol. The third-order valence-electron chi connectivity index (χ3n) is 3.48. The molecule has 0 saturated carbocycles. The number of anilines is 1. The van der Waals surface area contributed by atoms with Crippen molar-refractivity contribution in [1.82, 2.24) is 0 Å². The van der Waals surface area contributed by atoms with Crippen LogP contribution < -0.4 is 14.8 Å². The van der Waals surface area contributed by atoms with E-state index >= 15 is 0 Å². The van der Waals surface area contributed by atoms with Crippen molar-refractivity contribution in [2.75, 3.05) is 25.1 Å². The highest BCUT2D eigenvalue weighted by molar-refractivity contribution is 6.33. The van der Waals surface area contributed by atoms with Gasteiger partial charge in [-0.1, -0.05) is 18.5 Å². The van der Waals surface area contributed by atoms with E-state index in [9.17, 15) is 14.0 Å². The molecule has 6 nitrogen and oxygen atoms in total. The molecule has 0 unspecified atom stereocenters. The number of halogens is 2. The summed E-state index contributed by atoms with van der Waals surface area (Å²) in [6, 6.07) is 8.21. The van der Waals surface area contributed by atoms with Crippen LogP contribution in [-0.4, -0.2) is 31.7 Å². The lowest BCUT2D eigenvalue weighted by atomic mass is 10.2. The Morgan fingerprint density at radius 2 is 1.86 bits per heavy atom. The van der Waals surface area contributed by atoms with Gasteiger partial charge in [-0.25, -0.2) is 9.18 Å². The Hall–Kier alpha value is -2.80. The number of hydrogen-bond acceptors (Lipinski definition) is 5. The van der Waals surface area contributed by atoms with Gasteiger partial charge in [0.2, 0.25) is 0 Å². The fraction of sp³-hybridized carbons (Fsp3) is 0.300. The van der Waals surface area contributed by atoms with Crippen LogP contribution in [0.15, 0.2) is 36.4 Å². The van der Waals surface area contributed by atoms with Gasteiger partial charge in [-0.15, -0.1) is 0 Å². The van der Waals surface area contributed by atoms with Crippen LogP contribution in [0.25, 0.3) is 0 Å². The van der Waals surface area contributed by atoms with E-state index in [0.29, 0.717) is 24.7 Å². The zero-order chi connectivity index (χ0) is 20.5. The lowest BCUT2D eigenvalue weighted by Crippen LogP contribution is -2.21. The van der Waals surface area contributed by atoms with Crippen molar-refractivity contribution >= 4 is 29.2 Å². The number of nitrogens with one attached hydrogen (secondary N) is 1. The molecule has 0 heterocycles. The van der Waals surface area contributed by atoms with Gasteiger partial charge >= 0.3 is 5.97 Å². The molecule has 0 aliphatic rings. The molecule has 0 radical (unpaired) electrons. The minimum absolute atomic E-state index is 0.0451. The molecule has 2 aromatic rings. The third kappa shape index (κ3) is 6.13. The summed E-state index contributed by atoms with van der Waals surface area (Å²) in [7, 11) is 0. The van der Waals surface area contributed by atoms with Gasteiger partial charge < -0.3 is 19.5 Å². The van der Waals surface area contributed by atoms with E-state index in [1.807, 2.05) is 13.8 Å². The molecule has 0 spiro atoms. The summed E-state index contributed by atoms with van der Waals surface area (Å²) in [5, 5.41) is 2.49. The van der Waals surface area contributed by atoms with Crippen molar-refractivity contribution < 1.29 is 28.2 Å². The Kier molecular flexibility index (Phi) is 8.07. The van der Waals surface area contributed by atoms with Crippen LogP contribution >= 0.6 is 11.6 Å². The number of amides is 1. The Morgan fingerprint density at radius 1 is 1.07 bits per heavy atom. The summed E-state index contributed by atoms with van der Waals surface area (Å²) in [6.07, 6.45) is 0.836. The number of carbonyl (C=O) groups excluding carboxylic acids is 2. The third-order valence-corrected chi connectivity index (χ3v) is 3.79. The number of benzene rings is 2. The fourth-order valence-electron chi connectivity index (χ4n) is 2.23. The average Bonchev–Trinajstić information content (AvgIpc) is 2.67. The summed E-state index contributed by atoms with van der Waals surface area (Å²) in [5.41, 5.74) is 0.445. The van der Waals surface area contributed by atoms with Gasteiger partial charge in [-0.2, -0.15) is 0 Å². The molecule has 2 aromatic carbocycles. The molecule has 1 N–H and O–H groups in total. The maximum atomic E-state index is 13.0. The zero-order valence-corrected chi connectivity index (χ0v) is 16.3. The topological polar surface area (TPSA) is 73.9 Å². The maximum absolute atomic E-state index is 13.0. The van der Waals surface area contributed by atoms with Crippen LogP contribution in [0.2, 0.25) is 5.02 Å². The second-order valence-electron chi connectivity index (χ2n) is 5.69. The molecule has 0 aliphatic carbocycles. The minimum Gasteiger partial charge on any atom is -0.490 e. The van der Waals surface area contributed by atoms with Gasteiger partial charge in [0, 0.05) is 0 Å². The van der Waals surface area contributed by atoms with Crippen LogP contribution in [0.4, 0.5) is 10.1 Å². The monoisotopic (exact) mass is 409 g/mol. The van der Waals surface area contributed by atoms with Crippen LogP contribution in [0.3, 0.4) is 0 Å². The predicted molar refractivity (Wildman–Crippen MR) is 104 cm³/mol. The number of rotatable bonds is 9. The SMILES string of the molecule is CCCOc1ccc(C(=O)OCC(=O)Nc2ccc(F)cc2Cl)cc1OCC. The normalized spacial score (nSPS) is 10.3. The highest BCUT2D eigenvalue weighted by Gasteiger charge is 2.15. The number of ether oxygens (including phenoxy) is 3. The lowest BCUT2D eigenvalue weighted by Gasteiger charge is -2.13. The number of hydrogen-bond donors (Lipinski definition) is 1. The Labute approximate surface area is 167 Å². The first-order valence-electron chi connectivity index (χ1n) is 8.76. The second kappa shape index (κ2) is 10.5. The number of carbonyl (C=O) groups is 2. The van der Waals surface area contributed by atoms with E-state index in [1.165, 1.54) is 18.2 Å². The van der Waals surface area contributed by atoms with Crippen molar-refractivity contribution in [3.8, 4) is 11.5 Å². The van der Waals surface area contributed by atoms with Gasteiger partial charge in [-0.05, 0) is 49.7 Å². The van der Waals surface area contributed by atoms with E-state index in [0.717, 1.165) is 18.6 Å². The van der Waals surface area contributed by atoms with Crippen molar-refractivity contribution in [3.05, 3.63) is 52.8 Å². The maximum Gasteiger partial charge on any atom is 0.338 e. The molecule has 0 atom stereocenters. The van der Waals surface area contributed by atoms with Crippen molar-refractivity contribution in [2.45, 2.75) is 20.3 Å². The summed E-state index contributed by atoms with van der Waals surface area (Å²) < 4.78 is 29.1. The van der Waals surface area contributed by atoms with E-state index in [1.54, 1.807) is 6.07 Å². The molecule has 1 amide bonds. The van der Waals surface area contributed by atoms with Crippen molar-refractivity contribution in [1.29, 1.82) is 0 Å². The second-order valence-corrected chi connectivity index (χ2v) is 6.10. The van der Waals surface area contributed by atoms with Gasteiger partial charge in [0.15, 0.2) is 18.1 Å². The largest absolute Gasteiger partial charge is 0.490 e. The predicted octanol–water partition coefficient (Wildman–Crippen LogP) is 4.46. The average molecular weight is 410 g/mol. The molecule has 28 heavy (non-hydrogen) atoms. The Balaban J connectivity index is 1.97. The van der Waals surface area contributed by atoms with E-state index in [4.69, 9.17) is 25.8 Å². The quantitative estimate of drug-likeness (QED) is 0.619. The smallest absolute Gasteiger partial charge is 0.338 e. The van der Waals surface area contributed by atoms with Gasteiger partial charge in [0.1, 0.15) is 5.82 Å². The van der Waals surface area contributed by atoms with Gasteiger partial charge in [-0.3, -0.25) is 4.79 Å². The molecule has 0 fully saturated rings. The fourth-order valence-corrected chi connectivity index (χ4v) is 2.44. The summed E-state index contributed by atoms with van der Waals surface area (Å²) in [5.74, 6) is -0.860. The highest BCUT2D eigenvalue weighted by Crippen LogP contribution is 2.29. The van der Waals surface area contributed by atoms with Crippen LogP contribution in [0.1, 0.15) is 30.6 Å². The van der Waals surface area contributed by atoms with Crippen molar-refractivity contribution in [2.24, 2.45) is 0 Å². The molecule has 0 aromatic heterocycles.